The van der Waals surface area contributed by atoms with Crippen molar-refractivity contribution in [3.8, 4) is 0 Å². The van der Waals surface area contributed by atoms with Crippen LogP contribution in [-0.2, 0) is 0 Å². The minimum absolute atomic E-state index is 0.148. The molecule has 3 N–H and O–H groups in total. The molecule has 1 aromatic rings. The van der Waals surface area contributed by atoms with Crippen LogP contribution in [0.1, 0.15) is 44.7 Å². The van der Waals surface area contributed by atoms with Gasteiger partial charge in [-0.2, -0.15) is 0 Å². The third-order valence-corrected chi connectivity index (χ3v) is 4.16. The fourth-order valence-corrected chi connectivity index (χ4v) is 2.77. The van der Waals surface area contributed by atoms with Crippen LogP contribution in [0.2, 0.25) is 0 Å². The van der Waals surface area contributed by atoms with Crippen LogP contribution >= 0.6 is 0 Å². The molecule has 0 aromatic heterocycles. The molecule has 2 nitrogen and oxygen atoms in total. The van der Waals surface area contributed by atoms with E-state index in [4.69, 9.17) is 5.73 Å². The standard InChI is InChI=1S/C15H24N2/c1-3-15(11-16,14-9-10-14)17-12(2)13-7-5-4-6-8-13/h4-8,12,14,17H,3,9-11,16H2,1-2H3. The van der Waals surface area contributed by atoms with E-state index >= 15 is 0 Å². The van der Waals surface area contributed by atoms with Gasteiger partial charge in [-0.05, 0) is 37.7 Å². The molecule has 1 aliphatic rings. The van der Waals surface area contributed by atoms with Crippen molar-refractivity contribution in [2.24, 2.45) is 11.7 Å². The average Bonchev–Trinajstić information content (AvgIpc) is 3.21. The summed E-state index contributed by atoms with van der Waals surface area (Å²) in [5.41, 5.74) is 7.52. The molecule has 2 rings (SSSR count). The largest absolute Gasteiger partial charge is 0.329 e. The van der Waals surface area contributed by atoms with E-state index in [9.17, 15) is 0 Å². The van der Waals surface area contributed by atoms with Gasteiger partial charge in [0.2, 0.25) is 0 Å². The molecule has 1 fully saturated rings. The number of hydrogen-bond acceptors (Lipinski definition) is 2. The molecule has 2 atom stereocenters. The lowest BCUT2D eigenvalue weighted by atomic mass is 9.88. The smallest absolute Gasteiger partial charge is 0.0335 e. The van der Waals surface area contributed by atoms with E-state index < -0.39 is 0 Å². The van der Waals surface area contributed by atoms with Gasteiger partial charge in [0.25, 0.3) is 0 Å². The van der Waals surface area contributed by atoms with Gasteiger partial charge >= 0.3 is 0 Å². The molecule has 0 bridgehead atoms. The third kappa shape index (κ3) is 2.70. The SMILES string of the molecule is CCC(CN)(NC(C)c1ccccc1)C1CC1. The number of hydrogen-bond donors (Lipinski definition) is 2. The first-order valence-corrected chi connectivity index (χ1v) is 6.74. The average molecular weight is 232 g/mol. The topological polar surface area (TPSA) is 38.0 Å². The highest BCUT2D eigenvalue weighted by atomic mass is 15.0. The fourth-order valence-electron chi connectivity index (χ4n) is 2.77. The van der Waals surface area contributed by atoms with E-state index in [2.05, 4.69) is 49.5 Å². The Labute approximate surface area is 105 Å². The van der Waals surface area contributed by atoms with Gasteiger partial charge in [-0.3, -0.25) is 0 Å². The lowest BCUT2D eigenvalue weighted by Crippen LogP contribution is -2.53. The first-order chi connectivity index (χ1) is 8.22. The molecule has 2 unspecified atom stereocenters. The van der Waals surface area contributed by atoms with E-state index in [1.54, 1.807) is 0 Å². The van der Waals surface area contributed by atoms with E-state index in [1.807, 2.05) is 0 Å². The van der Waals surface area contributed by atoms with E-state index in [0.717, 1.165) is 18.9 Å². The van der Waals surface area contributed by atoms with Gasteiger partial charge in [0.1, 0.15) is 0 Å². The predicted octanol–water partition coefficient (Wildman–Crippen LogP) is 2.85. The van der Waals surface area contributed by atoms with Crippen LogP contribution in [0.15, 0.2) is 30.3 Å². The summed E-state index contributed by atoms with van der Waals surface area (Å²) in [4.78, 5) is 0. The van der Waals surface area contributed by atoms with Gasteiger partial charge in [0.05, 0.1) is 0 Å². The van der Waals surface area contributed by atoms with E-state index in [1.165, 1.54) is 18.4 Å². The zero-order valence-corrected chi connectivity index (χ0v) is 10.9. The van der Waals surface area contributed by atoms with Crippen LogP contribution in [0.3, 0.4) is 0 Å². The maximum Gasteiger partial charge on any atom is 0.0335 e. The Kier molecular flexibility index (Phi) is 3.85. The van der Waals surface area contributed by atoms with Gasteiger partial charge in [0, 0.05) is 18.1 Å². The number of nitrogens with two attached hydrogens (primary N) is 1. The van der Waals surface area contributed by atoms with Gasteiger partial charge in [0.15, 0.2) is 0 Å². The first-order valence-electron chi connectivity index (χ1n) is 6.74. The molecule has 0 saturated heterocycles. The van der Waals surface area contributed by atoms with Gasteiger partial charge in [-0.15, -0.1) is 0 Å². The molecule has 1 saturated carbocycles. The summed E-state index contributed by atoms with van der Waals surface area (Å²) in [6.45, 7) is 5.22. The highest BCUT2D eigenvalue weighted by Crippen LogP contribution is 2.42. The predicted molar refractivity (Wildman–Crippen MR) is 72.8 cm³/mol. The van der Waals surface area contributed by atoms with Crippen molar-refractivity contribution in [1.82, 2.24) is 5.32 Å². The van der Waals surface area contributed by atoms with E-state index in [-0.39, 0.29) is 5.54 Å². The summed E-state index contributed by atoms with van der Waals surface area (Å²) >= 11 is 0. The molecule has 17 heavy (non-hydrogen) atoms. The second kappa shape index (κ2) is 5.19. The highest BCUT2D eigenvalue weighted by Gasteiger charge is 2.43. The molecular formula is C15H24N2. The lowest BCUT2D eigenvalue weighted by molar-refractivity contribution is 0.253. The molecule has 1 aliphatic carbocycles. The first kappa shape index (κ1) is 12.6. The van der Waals surface area contributed by atoms with Crippen LogP contribution in [0.5, 0.6) is 0 Å². The quantitative estimate of drug-likeness (QED) is 0.791. The molecule has 0 radical (unpaired) electrons. The summed E-state index contributed by atoms with van der Waals surface area (Å²) in [5, 5.41) is 3.78. The molecule has 94 valence electrons. The highest BCUT2D eigenvalue weighted by molar-refractivity contribution is 5.19. The Hall–Kier alpha value is -0.860. The summed E-state index contributed by atoms with van der Waals surface area (Å²) in [5.74, 6) is 0.781. The Balaban J connectivity index is 2.08. The Morgan fingerprint density at radius 1 is 1.35 bits per heavy atom. The summed E-state index contributed by atoms with van der Waals surface area (Å²) in [7, 11) is 0. The monoisotopic (exact) mass is 232 g/mol. The van der Waals surface area contributed by atoms with Crippen molar-refractivity contribution < 1.29 is 0 Å². The Bertz CT molecular complexity index is 339. The van der Waals surface area contributed by atoms with Crippen LogP contribution in [0.4, 0.5) is 0 Å². The number of benzene rings is 1. The molecular weight excluding hydrogens is 208 g/mol. The molecule has 0 spiro atoms. The second-order valence-electron chi connectivity index (χ2n) is 5.26. The van der Waals surface area contributed by atoms with Crippen molar-refractivity contribution in [3.05, 3.63) is 35.9 Å². The molecule has 1 aromatic carbocycles. The van der Waals surface area contributed by atoms with Crippen LogP contribution in [0.25, 0.3) is 0 Å². The summed E-state index contributed by atoms with van der Waals surface area (Å²) in [6.07, 6.45) is 3.78. The maximum absolute atomic E-state index is 6.02. The van der Waals surface area contributed by atoms with E-state index in [0.29, 0.717) is 6.04 Å². The second-order valence-corrected chi connectivity index (χ2v) is 5.26. The van der Waals surface area contributed by atoms with Crippen molar-refractivity contribution in [2.45, 2.75) is 44.7 Å². The molecule has 0 amide bonds. The van der Waals surface area contributed by atoms with Crippen molar-refractivity contribution in [3.63, 3.8) is 0 Å². The minimum Gasteiger partial charge on any atom is -0.329 e. The zero-order chi connectivity index (χ0) is 12.3. The van der Waals surface area contributed by atoms with Crippen molar-refractivity contribution in [1.29, 1.82) is 0 Å². The fraction of sp³-hybridized carbons (Fsp3) is 0.600. The number of rotatable bonds is 6. The van der Waals surface area contributed by atoms with Crippen molar-refractivity contribution in [2.75, 3.05) is 6.54 Å². The minimum atomic E-state index is 0.148. The Morgan fingerprint density at radius 2 is 2.00 bits per heavy atom. The number of nitrogens with one attached hydrogen (secondary N) is 1. The Morgan fingerprint density at radius 3 is 2.47 bits per heavy atom. The molecule has 0 aliphatic heterocycles. The van der Waals surface area contributed by atoms with Crippen LogP contribution < -0.4 is 11.1 Å². The molecule has 2 heteroatoms. The summed E-state index contributed by atoms with van der Waals surface area (Å²) < 4.78 is 0. The van der Waals surface area contributed by atoms with Crippen LogP contribution in [-0.4, -0.2) is 12.1 Å². The zero-order valence-electron chi connectivity index (χ0n) is 10.9. The third-order valence-electron chi connectivity index (χ3n) is 4.16. The van der Waals surface area contributed by atoms with Gasteiger partial charge < -0.3 is 11.1 Å². The molecule has 0 heterocycles. The van der Waals surface area contributed by atoms with Crippen molar-refractivity contribution >= 4 is 0 Å². The maximum atomic E-state index is 6.02. The summed E-state index contributed by atoms with van der Waals surface area (Å²) in [6, 6.07) is 11.0. The lowest BCUT2D eigenvalue weighted by Gasteiger charge is -2.36. The van der Waals surface area contributed by atoms with Crippen LogP contribution in [0, 0.1) is 5.92 Å². The normalized spacial score (nSPS) is 20.9. The van der Waals surface area contributed by atoms with Gasteiger partial charge in [-0.1, -0.05) is 37.3 Å². The van der Waals surface area contributed by atoms with Gasteiger partial charge in [-0.25, -0.2) is 0 Å².